The highest BCUT2D eigenvalue weighted by Crippen LogP contribution is 2.11. The third-order valence-electron chi connectivity index (χ3n) is 2.69. The summed E-state index contributed by atoms with van der Waals surface area (Å²) in [6, 6.07) is 8.54. The first-order valence-electron chi connectivity index (χ1n) is 5.65. The van der Waals surface area contributed by atoms with Crippen LogP contribution >= 0.6 is 11.6 Å². The van der Waals surface area contributed by atoms with Crippen LogP contribution in [-0.4, -0.2) is 12.4 Å². The summed E-state index contributed by atoms with van der Waals surface area (Å²) >= 11 is 5.68. The van der Waals surface area contributed by atoms with E-state index < -0.39 is 0 Å². The molecule has 84 valence electrons. The molecule has 0 fully saturated rings. The lowest BCUT2D eigenvalue weighted by atomic mass is 10.1. The van der Waals surface area contributed by atoms with Crippen LogP contribution in [0, 0.1) is 5.92 Å². The molecule has 1 atom stereocenters. The maximum absolute atomic E-state index is 5.68. The van der Waals surface area contributed by atoms with E-state index in [4.69, 9.17) is 11.6 Å². The van der Waals surface area contributed by atoms with Crippen molar-refractivity contribution in [1.82, 2.24) is 0 Å². The van der Waals surface area contributed by atoms with E-state index in [0.29, 0.717) is 5.88 Å². The molecular formula is C13H20ClN. The van der Waals surface area contributed by atoms with E-state index in [-0.39, 0.29) is 0 Å². The first kappa shape index (κ1) is 12.4. The lowest BCUT2D eigenvalue weighted by Crippen LogP contribution is -2.10. The van der Waals surface area contributed by atoms with Gasteiger partial charge in [0.2, 0.25) is 0 Å². The molecule has 0 aromatic heterocycles. The van der Waals surface area contributed by atoms with Crippen LogP contribution in [0.15, 0.2) is 24.3 Å². The van der Waals surface area contributed by atoms with Crippen LogP contribution in [-0.2, 0) is 6.42 Å². The quantitative estimate of drug-likeness (QED) is 0.724. The Labute approximate surface area is 97.8 Å². The van der Waals surface area contributed by atoms with Crippen molar-refractivity contribution in [2.75, 3.05) is 17.7 Å². The highest BCUT2D eigenvalue weighted by Gasteiger charge is 1.98. The Bertz CT molecular complexity index is 268. The number of hydrogen-bond donors (Lipinski definition) is 1. The molecule has 0 heterocycles. The minimum atomic E-state index is 0.694. The van der Waals surface area contributed by atoms with Gasteiger partial charge in [-0.1, -0.05) is 32.4 Å². The van der Waals surface area contributed by atoms with Crippen molar-refractivity contribution in [3.8, 4) is 0 Å². The fraction of sp³-hybridized carbons (Fsp3) is 0.538. The van der Waals surface area contributed by atoms with Crippen LogP contribution in [0.1, 0.15) is 25.8 Å². The third-order valence-corrected chi connectivity index (χ3v) is 2.88. The first-order chi connectivity index (χ1) is 7.26. The number of benzene rings is 1. The van der Waals surface area contributed by atoms with Crippen molar-refractivity contribution in [2.24, 2.45) is 5.92 Å². The largest absolute Gasteiger partial charge is 0.385 e. The fourth-order valence-electron chi connectivity index (χ4n) is 1.33. The Morgan fingerprint density at radius 2 is 1.93 bits per heavy atom. The van der Waals surface area contributed by atoms with E-state index in [1.165, 1.54) is 17.7 Å². The summed E-state index contributed by atoms with van der Waals surface area (Å²) in [5, 5.41) is 3.43. The zero-order chi connectivity index (χ0) is 11.1. The van der Waals surface area contributed by atoms with Crippen molar-refractivity contribution in [3.05, 3.63) is 29.8 Å². The Balaban J connectivity index is 2.42. The van der Waals surface area contributed by atoms with E-state index in [2.05, 4.69) is 43.4 Å². The molecule has 15 heavy (non-hydrogen) atoms. The van der Waals surface area contributed by atoms with Crippen LogP contribution in [0.4, 0.5) is 5.69 Å². The van der Waals surface area contributed by atoms with Crippen molar-refractivity contribution in [2.45, 2.75) is 26.7 Å². The number of anilines is 1. The van der Waals surface area contributed by atoms with E-state index >= 15 is 0 Å². The zero-order valence-electron chi connectivity index (χ0n) is 9.59. The predicted molar refractivity (Wildman–Crippen MR) is 68.8 cm³/mol. The molecule has 0 radical (unpaired) electrons. The number of nitrogens with one attached hydrogen (secondary N) is 1. The van der Waals surface area contributed by atoms with Gasteiger partial charge in [-0.15, -0.1) is 11.6 Å². The summed E-state index contributed by atoms with van der Waals surface area (Å²) in [4.78, 5) is 0. The van der Waals surface area contributed by atoms with Crippen LogP contribution in [0.5, 0.6) is 0 Å². The molecule has 1 N–H and O–H groups in total. The normalized spacial score (nSPS) is 12.5. The number of rotatable bonds is 6. The van der Waals surface area contributed by atoms with Crippen LogP contribution < -0.4 is 5.32 Å². The summed E-state index contributed by atoms with van der Waals surface area (Å²) < 4.78 is 0. The molecule has 1 unspecified atom stereocenters. The van der Waals surface area contributed by atoms with Gasteiger partial charge in [-0.25, -0.2) is 0 Å². The average molecular weight is 226 g/mol. The minimum absolute atomic E-state index is 0.694. The molecule has 1 rings (SSSR count). The molecule has 0 aliphatic heterocycles. The maximum Gasteiger partial charge on any atom is 0.0340 e. The van der Waals surface area contributed by atoms with Gasteiger partial charge in [0.05, 0.1) is 0 Å². The molecule has 0 saturated heterocycles. The molecule has 1 nitrogen and oxygen atoms in total. The highest BCUT2D eigenvalue weighted by atomic mass is 35.5. The summed E-state index contributed by atoms with van der Waals surface area (Å²) in [7, 11) is 0. The predicted octanol–water partition coefficient (Wildman–Crippen LogP) is 3.93. The van der Waals surface area contributed by atoms with Gasteiger partial charge in [0, 0.05) is 18.1 Å². The molecule has 0 spiro atoms. The molecular weight excluding hydrogens is 206 g/mol. The Morgan fingerprint density at radius 3 is 2.47 bits per heavy atom. The van der Waals surface area contributed by atoms with Gasteiger partial charge >= 0.3 is 0 Å². The number of alkyl halides is 1. The van der Waals surface area contributed by atoms with Gasteiger partial charge in [-0.2, -0.15) is 0 Å². The van der Waals surface area contributed by atoms with Crippen molar-refractivity contribution in [1.29, 1.82) is 0 Å². The van der Waals surface area contributed by atoms with Gasteiger partial charge in [-0.3, -0.25) is 0 Å². The lowest BCUT2D eigenvalue weighted by Gasteiger charge is -2.11. The van der Waals surface area contributed by atoms with Crippen molar-refractivity contribution >= 4 is 17.3 Å². The molecule has 0 saturated carbocycles. The first-order valence-corrected chi connectivity index (χ1v) is 6.18. The summed E-state index contributed by atoms with van der Waals surface area (Å²) in [6.07, 6.45) is 2.17. The summed E-state index contributed by atoms with van der Waals surface area (Å²) in [5.74, 6) is 1.42. The molecule has 0 amide bonds. The molecule has 1 aromatic carbocycles. The Kier molecular flexibility index (Phi) is 5.56. The third kappa shape index (κ3) is 4.57. The SMILES string of the molecule is CCC(C)CNc1ccc(CCCl)cc1. The zero-order valence-corrected chi connectivity index (χ0v) is 10.3. The standard InChI is InChI=1S/C13H20ClN/c1-3-11(2)10-15-13-6-4-12(5-7-13)8-9-14/h4-7,11,15H,3,8-10H2,1-2H3. The second-order valence-corrected chi connectivity index (χ2v) is 4.41. The molecule has 0 aliphatic carbocycles. The highest BCUT2D eigenvalue weighted by molar-refractivity contribution is 6.17. The van der Waals surface area contributed by atoms with E-state index in [0.717, 1.165) is 18.9 Å². The topological polar surface area (TPSA) is 12.0 Å². The van der Waals surface area contributed by atoms with E-state index in [1.807, 2.05) is 0 Å². The molecule has 1 aromatic rings. The summed E-state index contributed by atoms with van der Waals surface area (Å²) in [5.41, 5.74) is 2.51. The maximum atomic E-state index is 5.68. The lowest BCUT2D eigenvalue weighted by molar-refractivity contribution is 0.593. The second-order valence-electron chi connectivity index (χ2n) is 4.03. The van der Waals surface area contributed by atoms with E-state index in [1.54, 1.807) is 0 Å². The van der Waals surface area contributed by atoms with Gasteiger partial charge in [-0.05, 0) is 30.0 Å². The van der Waals surface area contributed by atoms with Gasteiger partial charge in [0.1, 0.15) is 0 Å². The van der Waals surface area contributed by atoms with Crippen LogP contribution in [0.25, 0.3) is 0 Å². The van der Waals surface area contributed by atoms with Crippen molar-refractivity contribution in [3.63, 3.8) is 0 Å². The smallest absolute Gasteiger partial charge is 0.0340 e. The monoisotopic (exact) mass is 225 g/mol. The molecule has 2 heteroatoms. The van der Waals surface area contributed by atoms with Crippen LogP contribution in [0.2, 0.25) is 0 Å². The average Bonchev–Trinajstić information content (AvgIpc) is 2.28. The number of aryl methyl sites for hydroxylation is 1. The van der Waals surface area contributed by atoms with E-state index in [9.17, 15) is 0 Å². The summed E-state index contributed by atoms with van der Waals surface area (Å²) in [6.45, 7) is 5.52. The van der Waals surface area contributed by atoms with Crippen molar-refractivity contribution < 1.29 is 0 Å². The minimum Gasteiger partial charge on any atom is -0.385 e. The molecule has 0 aliphatic rings. The Morgan fingerprint density at radius 1 is 1.27 bits per heavy atom. The Hall–Kier alpha value is -0.690. The number of halogens is 1. The fourth-order valence-corrected chi connectivity index (χ4v) is 1.55. The second kappa shape index (κ2) is 6.73. The van der Waals surface area contributed by atoms with Gasteiger partial charge < -0.3 is 5.32 Å². The van der Waals surface area contributed by atoms with Gasteiger partial charge in [0.25, 0.3) is 0 Å². The molecule has 0 bridgehead atoms. The van der Waals surface area contributed by atoms with Crippen LogP contribution in [0.3, 0.4) is 0 Å². The number of hydrogen-bond acceptors (Lipinski definition) is 1. The van der Waals surface area contributed by atoms with Gasteiger partial charge in [0.15, 0.2) is 0 Å².